The van der Waals surface area contributed by atoms with Crippen LogP contribution in [-0.2, 0) is 0 Å². The average molecular weight is 243 g/mol. The molecule has 2 nitrogen and oxygen atoms in total. The lowest BCUT2D eigenvalue weighted by atomic mass is 10.3. The number of aromatic nitrogens is 2. The molecule has 1 heterocycles. The van der Waals surface area contributed by atoms with Crippen molar-refractivity contribution < 1.29 is 4.39 Å². The largest absolute Gasteiger partial charge is 0.337 e. The first kappa shape index (κ1) is 10.4. The summed E-state index contributed by atoms with van der Waals surface area (Å²) in [5.41, 5.74) is 1.11. The Kier molecular flexibility index (Phi) is 2.63. The Morgan fingerprint density at radius 3 is 2.73 bits per heavy atom. The Labute approximate surface area is 96.3 Å². The first-order valence-corrected chi connectivity index (χ1v) is 5.11. The zero-order valence-electron chi connectivity index (χ0n) is 7.92. The zero-order chi connectivity index (χ0) is 11.0. The van der Waals surface area contributed by atoms with Crippen LogP contribution in [0.4, 0.5) is 4.39 Å². The molecule has 0 saturated heterocycles. The minimum absolute atomic E-state index is 0.294. The van der Waals surface area contributed by atoms with E-state index in [1.807, 2.05) is 6.92 Å². The van der Waals surface area contributed by atoms with E-state index in [4.69, 9.17) is 23.8 Å². The highest BCUT2D eigenvalue weighted by Gasteiger charge is 2.11. The molecular weight excluding hydrogens is 235 g/mol. The molecule has 5 heteroatoms. The summed E-state index contributed by atoms with van der Waals surface area (Å²) in [5, 5.41) is 0.341. The average Bonchev–Trinajstić information content (AvgIpc) is 2.49. The Balaban J connectivity index is 2.80. The van der Waals surface area contributed by atoms with E-state index in [0.717, 1.165) is 5.69 Å². The number of H-pyrrole nitrogens is 1. The van der Waals surface area contributed by atoms with E-state index in [0.29, 0.717) is 15.5 Å². The highest BCUT2D eigenvalue weighted by Crippen LogP contribution is 2.24. The Bertz CT molecular complexity index is 539. The Morgan fingerprint density at radius 1 is 1.47 bits per heavy atom. The van der Waals surface area contributed by atoms with Crippen LogP contribution >= 0.6 is 23.8 Å². The third-order valence-electron chi connectivity index (χ3n) is 2.12. The number of hydrogen-bond donors (Lipinski definition) is 1. The van der Waals surface area contributed by atoms with Crippen LogP contribution in [0.3, 0.4) is 0 Å². The number of rotatable bonds is 1. The van der Waals surface area contributed by atoms with E-state index in [2.05, 4.69) is 4.98 Å². The number of imidazole rings is 1. The van der Waals surface area contributed by atoms with Crippen LogP contribution in [0.2, 0.25) is 5.02 Å². The minimum Gasteiger partial charge on any atom is -0.337 e. The number of hydrogen-bond acceptors (Lipinski definition) is 1. The Morgan fingerprint density at radius 2 is 2.20 bits per heavy atom. The van der Waals surface area contributed by atoms with E-state index in [1.165, 1.54) is 6.07 Å². The highest BCUT2D eigenvalue weighted by atomic mass is 35.5. The number of nitrogens with one attached hydrogen (secondary N) is 1. The number of aryl methyl sites for hydroxylation is 1. The first-order valence-electron chi connectivity index (χ1n) is 4.32. The third kappa shape index (κ3) is 1.70. The van der Waals surface area contributed by atoms with Gasteiger partial charge in [-0.3, -0.25) is 4.57 Å². The lowest BCUT2D eigenvalue weighted by molar-refractivity contribution is 0.616. The highest BCUT2D eigenvalue weighted by molar-refractivity contribution is 7.71. The second-order valence-electron chi connectivity index (χ2n) is 3.14. The van der Waals surface area contributed by atoms with Crippen LogP contribution in [0.1, 0.15) is 5.69 Å². The van der Waals surface area contributed by atoms with Crippen LogP contribution in [0.5, 0.6) is 0 Å². The molecule has 0 radical (unpaired) electrons. The maximum Gasteiger partial charge on any atom is 0.182 e. The van der Waals surface area contributed by atoms with E-state index < -0.39 is 0 Å². The van der Waals surface area contributed by atoms with Crippen LogP contribution in [0.15, 0.2) is 24.4 Å². The van der Waals surface area contributed by atoms with E-state index in [-0.39, 0.29) is 5.82 Å². The summed E-state index contributed by atoms with van der Waals surface area (Å²) in [7, 11) is 0. The lowest BCUT2D eigenvalue weighted by Gasteiger charge is -2.08. The summed E-state index contributed by atoms with van der Waals surface area (Å²) >= 11 is 11.0. The molecule has 1 aromatic heterocycles. The maximum absolute atomic E-state index is 13.6. The number of para-hydroxylation sites is 1. The minimum atomic E-state index is -0.388. The van der Waals surface area contributed by atoms with Crippen LogP contribution in [-0.4, -0.2) is 9.55 Å². The van der Waals surface area contributed by atoms with Gasteiger partial charge in [0.25, 0.3) is 0 Å². The predicted molar refractivity (Wildman–Crippen MR) is 60.7 cm³/mol. The summed E-state index contributed by atoms with van der Waals surface area (Å²) in [6, 6.07) is 4.55. The van der Waals surface area contributed by atoms with Gasteiger partial charge in [0.2, 0.25) is 0 Å². The quantitative estimate of drug-likeness (QED) is 0.758. The zero-order valence-corrected chi connectivity index (χ0v) is 9.49. The second kappa shape index (κ2) is 3.79. The van der Waals surface area contributed by atoms with Gasteiger partial charge in [-0.2, -0.15) is 0 Å². The molecule has 0 aliphatic heterocycles. The van der Waals surface area contributed by atoms with Gasteiger partial charge in [0.15, 0.2) is 4.77 Å². The molecule has 1 N–H and O–H groups in total. The monoisotopic (exact) mass is 242 g/mol. The fraction of sp³-hybridized carbons (Fsp3) is 0.100. The predicted octanol–water partition coefficient (Wildman–Crippen LogP) is 3.64. The van der Waals surface area contributed by atoms with Crippen molar-refractivity contribution in [3.63, 3.8) is 0 Å². The molecule has 0 amide bonds. The van der Waals surface area contributed by atoms with E-state index in [1.54, 1.807) is 22.9 Å². The van der Waals surface area contributed by atoms with Crippen molar-refractivity contribution in [2.24, 2.45) is 0 Å². The van der Waals surface area contributed by atoms with Crippen LogP contribution in [0.25, 0.3) is 5.69 Å². The lowest BCUT2D eigenvalue weighted by Crippen LogP contribution is -2.00. The molecule has 0 fully saturated rings. The van der Waals surface area contributed by atoms with Crippen LogP contribution < -0.4 is 0 Å². The van der Waals surface area contributed by atoms with Crippen molar-refractivity contribution in [3.05, 3.63) is 45.7 Å². The Hall–Kier alpha value is -1.13. The number of nitrogens with zero attached hydrogens (tertiary/aromatic N) is 1. The van der Waals surface area contributed by atoms with E-state index >= 15 is 0 Å². The van der Waals surface area contributed by atoms with Gasteiger partial charge in [-0.25, -0.2) is 4.39 Å². The molecule has 0 atom stereocenters. The molecule has 0 saturated carbocycles. The number of benzene rings is 1. The topological polar surface area (TPSA) is 20.7 Å². The molecule has 78 valence electrons. The summed E-state index contributed by atoms with van der Waals surface area (Å²) in [4.78, 5) is 2.84. The van der Waals surface area contributed by atoms with Crippen molar-refractivity contribution in [1.29, 1.82) is 0 Å². The van der Waals surface area contributed by atoms with Crippen molar-refractivity contribution >= 4 is 23.8 Å². The summed E-state index contributed by atoms with van der Waals surface area (Å²) in [5.74, 6) is -0.388. The SMILES string of the molecule is Cc1c[nH]c(=S)n1-c1c(F)cccc1Cl. The fourth-order valence-corrected chi connectivity index (χ4v) is 1.98. The van der Waals surface area contributed by atoms with Gasteiger partial charge in [-0.15, -0.1) is 0 Å². The summed E-state index contributed by atoms with van der Waals surface area (Å²) in [6.45, 7) is 1.83. The van der Waals surface area contributed by atoms with Gasteiger partial charge in [0.05, 0.1) is 5.02 Å². The molecule has 1 aromatic carbocycles. The van der Waals surface area contributed by atoms with Crippen molar-refractivity contribution in [2.75, 3.05) is 0 Å². The van der Waals surface area contributed by atoms with E-state index in [9.17, 15) is 4.39 Å². The number of aromatic amines is 1. The molecule has 2 rings (SSSR count). The first-order chi connectivity index (χ1) is 7.11. The van der Waals surface area contributed by atoms with Gasteiger partial charge >= 0.3 is 0 Å². The maximum atomic E-state index is 13.6. The second-order valence-corrected chi connectivity index (χ2v) is 3.93. The van der Waals surface area contributed by atoms with Gasteiger partial charge in [0.1, 0.15) is 11.5 Å². The van der Waals surface area contributed by atoms with Gasteiger partial charge in [0, 0.05) is 11.9 Å². The molecule has 0 unspecified atom stereocenters. The van der Waals surface area contributed by atoms with Crippen molar-refractivity contribution in [2.45, 2.75) is 6.92 Å². The fourth-order valence-electron chi connectivity index (χ4n) is 1.44. The third-order valence-corrected chi connectivity index (χ3v) is 2.73. The van der Waals surface area contributed by atoms with Crippen molar-refractivity contribution in [1.82, 2.24) is 9.55 Å². The summed E-state index contributed by atoms with van der Waals surface area (Å²) in [6.07, 6.45) is 1.71. The standard InChI is InChI=1S/C10H8ClFN2S/c1-6-5-13-10(15)14(6)9-7(11)3-2-4-8(9)12/h2-5H,1H3,(H,13,15). The normalized spacial score (nSPS) is 10.6. The molecule has 2 aromatic rings. The smallest absolute Gasteiger partial charge is 0.182 e. The van der Waals surface area contributed by atoms with Gasteiger partial charge in [-0.1, -0.05) is 17.7 Å². The van der Waals surface area contributed by atoms with Crippen LogP contribution in [0, 0.1) is 17.5 Å². The van der Waals surface area contributed by atoms with Crippen molar-refractivity contribution in [3.8, 4) is 5.69 Å². The molecule has 0 bridgehead atoms. The molecule has 0 spiro atoms. The molecule has 15 heavy (non-hydrogen) atoms. The summed E-state index contributed by atoms with van der Waals surface area (Å²) < 4.78 is 15.6. The van der Waals surface area contributed by atoms with Gasteiger partial charge in [-0.05, 0) is 31.3 Å². The van der Waals surface area contributed by atoms with Gasteiger partial charge < -0.3 is 4.98 Å². The molecule has 0 aliphatic rings. The molecule has 0 aliphatic carbocycles. The molecular formula is C10H8ClFN2S. The number of halogens is 2.